The largest absolute Gasteiger partial charge is 0.456 e. The summed E-state index contributed by atoms with van der Waals surface area (Å²) in [5.74, 6) is -0.569. The predicted molar refractivity (Wildman–Crippen MR) is 77.4 cm³/mol. The predicted octanol–water partition coefficient (Wildman–Crippen LogP) is 3.16. The van der Waals surface area contributed by atoms with Crippen molar-refractivity contribution in [1.82, 2.24) is 0 Å². The van der Waals surface area contributed by atoms with Crippen LogP contribution in [0.1, 0.15) is 45.4 Å². The highest BCUT2D eigenvalue weighted by Crippen LogP contribution is 2.60. The number of hydrogen-bond acceptors (Lipinski definition) is 4. The first-order chi connectivity index (χ1) is 10.4. The van der Waals surface area contributed by atoms with E-state index in [1.54, 1.807) is 0 Å². The highest BCUT2D eigenvalue weighted by atomic mass is 19.1. The molecule has 4 nitrogen and oxygen atoms in total. The summed E-state index contributed by atoms with van der Waals surface area (Å²) in [7, 11) is 0. The molecule has 0 spiro atoms. The highest BCUT2D eigenvalue weighted by molar-refractivity contribution is 5.87. The number of carbonyl (C=O) groups is 2. The molecule has 4 rings (SSSR count). The third-order valence-electron chi connectivity index (χ3n) is 5.92. The van der Waals surface area contributed by atoms with Crippen LogP contribution in [0.2, 0.25) is 0 Å². The van der Waals surface area contributed by atoms with Crippen molar-refractivity contribution < 1.29 is 23.5 Å². The van der Waals surface area contributed by atoms with Gasteiger partial charge in [0.2, 0.25) is 5.83 Å². The van der Waals surface area contributed by atoms with Gasteiger partial charge in [0.25, 0.3) is 0 Å². The molecule has 0 radical (unpaired) electrons. The first kappa shape index (κ1) is 15.5. The van der Waals surface area contributed by atoms with Crippen LogP contribution in [0, 0.1) is 23.7 Å². The Bertz CT molecular complexity index is 471. The molecule has 0 amide bonds. The van der Waals surface area contributed by atoms with Gasteiger partial charge in [-0.15, -0.1) is 0 Å². The Balaban J connectivity index is 1.65. The van der Waals surface area contributed by atoms with Crippen molar-refractivity contribution in [3.8, 4) is 0 Å². The number of hydrogen-bond donors (Lipinski definition) is 0. The number of rotatable bonds is 5. The second kappa shape index (κ2) is 5.67. The molecule has 4 fully saturated rings. The first-order valence-corrected chi connectivity index (χ1v) is 8.18. The molecular formula is C17H23FO4. The summed E-state index contributed by atoms with van der Waals surface area (Å²) in [6.45, 7) is 4.36. The van der Waals surface area contributed by atoms with E-state index in [-0.39, 0.29) is 0 Å². The molecular weight excluding hydrogens is 287 g/mol. The molecule has 0 aromatic heterocycles. The second-order valence-electron chi connectivity index (χ2n) is 7.07. The zero-order valence-corrected chi connectivity index (χ0v) is 13.0. The number of halogens is 1. The van der Waals surface area contributed by atoms with Crippen molar-refractivity contribution in [3.05, 3.63) is 12.4 Å². The highest BCUT2D eigenvalue weighted by Gasteiger charge is 2.58. The summed E-state index contributed by atoms with van der Waals surface area (Å²) in [5, 5.41) is 0. The van der Waals surface area contributed by atoms with Crippen molar-refractivity contribution in [1.29, 1.82) is 0 Å². The van der Waals surface area contributed by atoms with E-state index < -0.39 is 30.0 Å². The van der Waals surface area contributed by atoms with Crippen LogP contribution in [0.4, 0.5) is 4.39 Å². The number of ether oxygens (including phenoxy) is 2. The minimum Gasteiger partial charge on any atom is -0.456 e. The Morgan fingerprint density at radius 1 is 1.14 bits per heavy atom. The molecule has 0 N–H and O–H groups in total. The third-order valence-corrected chi connectivity index (χ3v) is 5.92. The van der Waals surface area contributed by atoms with E-state index in [1.807, 2.05) is 0 Å². The fourth-order valence-corrected chi connectivity index (χ4v) is 5.24. The molecule has 4 aliphatic rings. The van der Waals surface area contributed by atoms with Gasteiger partial charge in [-0.3, -0.25) is 0 Å². The summed E-state index contributed by atoms with van der Waals surface area (Å²) >= 11 is 0. The maximum Gasteiger partial charge on any atom is 0.367 e. The molecule has 4 saturated carbocycles. The lowest BCUT2D eigenvalue weighted by atomic mass is 9.49. The summed E-state index contributed by atoms with van der Waals surface area (Å²) in [4.78, 5) is 23.1. The minimum absolute atomic E-state index is 0.413. The van der Waals surface area contributed by atoms with Gasteiger partial charge < -0.3 is 9.47 Å². The molecule has 4 bridgehead atoms. The lowest BCUT2D eigenvalue weighted by molar-refractivity contribution is -0.214. The average molecular weight is 310 g/mol. The number of esters is 2. The summed E-state index contributed by atoms with van der Waals surface area (Å²) < 4.78 is 22.9. The van der Waals surface area contributed by atoms with Gasteiger partial charge in [-0.05, 0) is 62.2 Å². The van der Waals surface area contributed by atoms with E-state index >= 15 is 0 Å². The Labute approximate surface area is 130 Å². The smallest absolute Gasteiger partial charge is 0.367 e. The van der Waals surface area contributed by atoms with Crippen LogP contribution in [0.5, 0.6) is 0 Å². The molecule has 0 aromatic rings. The van der Waals surface area contributed by atoms with Gasteiger partial charge in [-0.25, -0.2) is 9.59 Å². The van der Waals surface area contributed by atoms with Gasteiger partial charge in [-0.1, -0.05) is 13.5 Å². The Kier molecular flexibility index (Phi) is 4.00. The Morgan fingerprint density at radius 2 is 1.68 bits per heavy atom. The van der Waals surface area contributed by atoms with Gasteiger partial charge in [0.15, 0.2) is 6.61 Å². The maximum absolute atomic E-state index is 12.6. The van der Waals surface area contributed by atoms with Crippen LogP contribution in [0.15, 0.2) is 12.4 Å². The van der Waals surface area contributed by atoms with Crippen molar-refractivity contribution in [2.24, 2.45) is 23.7 Å². The Hall–Kier alpha value is -1.39. The van der Waals surface area contributed by atoms with E-state index in [0.717, 1.165) is 43.9 Å². The molecule has 0 saturated heterocycles. The monoisotopic (exact) mass is 310 g/mol. The van der Waals surface area contributed by atoms with Crippen LogP contribution in [0.25, 0.3) is 0 Å². The van der Waals surface area contributed by atoms with Crippen LogP contribution >= 0.6 is 0 Å². The molecule has 122 valence electrons. The van der Waals surface area contributed by atoms with Gasteiger partial charge in [-0.2, -0.15) is 4.39 Å². The zero-order chi connectivity index (χ0) is 15.9. The fraction of sp³-hybridized carbons (Fsp3) is 0.765. The number of carbonyl (C=O) groups excluding carboxylic acids is 2. The first-order valence-electron chi connectivity index (χ1n) is 8.18. The van der Waals surface area contributed by atoms with E-state index in [0.29, 0.717) is 11.8 Å². The van der Waals surface area contributed by atoms with Crippen LogP contribution in [-0.2, 0) is 19.1 Å². The van der Waals surface area contributed by atoms with Crippen molar-refractivity contribution in [2.45, 2.75) is 51.0 Å². The van der Waals surface area contributed by atoms with Gasteiger partial charge >= 0.3 is 11.9 Å². The molecule has 0 aliphatic heterocycles. The van der Waals surface area contributed by atoms with E-state index in [9.17, 15) is 14.0 Å². The zero-order valence-electron chi connectivity index (χ0n) is 13.0. The van der Waals surface area contributed by atoms with Crippen molar-refractivity contribution >= 4 is 11.9 Å². The van der Waals surface area contributed by atoms with Crippen LogP contribution in [0.3, 0.4) is 0 Å². The van der Waals surface area contributed by atoms with Gasteiger partial charge in [0, 0.05) is 0 Å². The quantitative estimate of drug-likeness (QED) is 0.578. The average Bonchev–Trinajstić information content (AvgIpc) is 2.47. The SMILES string of the molecule is C=C(F)C(=O)OCC(=O)OC1(CC)C2CC3CC(C2)CC1C3. The standard InChI is InChI=1S/C17H23FO4/c1-3-17(22-15(19)9-21-16(20)10(2)18)13-5-11-4-12(7-13)8-14(17)6-11/h11-14H,2-9H2,1H3. The molecule has 0 heterocycles. The molecule has 22 heavy (non-hydrogen) atoms. The third kappa shape index (κ3) is 2.55. The maximum atomic E-state index is 12.6. The van der Waals surface area contributed by atoms with Gasteiger partial charge in [0.05, 0.1) is 0 Å². The summed E-state index contributed by atoms with van der Waals surface area (Å²) in [5.41, 5.74) is -0.413. The lowest BCUT2D eigenvalue weighted by Gasteiger charge is -2.60. The van der Waals surface area contributed by atoms with E-state index in [2.05, 4.69) is 18.2 Å². The van der Waals surface area contributed by atoms with E-state index in [1.165, 1.54) is 6.42 Å². The van der Waals surface area contributed by atoms with E-state index in [4.69, 9.17) is 4.74 Å². The Morgan fingerprint density at radius 3 is 2.14 bits per heavy atom. The van der Waals surface area contributed by atoms with Crippen LogP contribution in [-0.4, -0.2) is 24.1 Å². The molecule has 0 unspecified atom stereocenters. The molecule has 0 atom stereocenters. The fourth-order valence-electron chi connectivity index (χ4n) is 5.24. The second-order valence-corrected chi connectivity index (χ2v) is 7.07. The minimum atomic E-state index is -1.20. The van der Waals surface area contributed by atoms with Crippen molar-refractivity contribution in [3.63, 3.8) is 0 Å². The topological polar surface area (TPSA) is 52.6 Å². The molecule has 5 heteroatoms. The van der Waals surface area contributed by atoms with Crippen molar-refractivity contribution in [2.75, 3.05) is 6.61 Å². The van der Waals surface area contributed by atoms with Crippen LogP contribution < -0.4 is 0 Å². The lowest BCUT2D eigenvalue weighted by Crippen LogP contribution is -2.59. The summed E-state index contributed by atoms with van der Waals surface area (Å²) in [6.07, 6.45) is 6.66. The summed E-state index contributed by atoms with van der Waals surface area (Å²) in [6, 6.07) is 0. The normalized spacial score (nSPS) is 38.6. The van der Waals surface area contributed by atoms with Gasteiger partial charge in [0.1, 0.15) is 5.60 Å². The molecule has 0 aromatic carbocycles. The molecule has 4 aliphatic carbocycles.